The molecule has 43 heavy (non-hydrogen) atoms. The number of pyridine rings is 1. The van der Waals surface area contributed by atoms with Crippen molar-refractivity contribution >= 4 is 27.5 Å². The number of halogens is 2. The molecule has 3 heterocycles. The maximum absolute atomic E-state index is 16.8. The van der Waals surface area contributed by atoms with Gasteiger partial charge in [-0.2, -0.15) is 9.97 Å². The monoisotopic (exact) mass is 578 g/mol. The summed E-state index contributed by atoms with van der Waals surface area (Å²) < 4.78 is 37.7. The number of aromatic hydroxyl groups is 1. The fourth-order valence-corrected chi connectivity index (χ4v) is 5.90. The Bertz CT molecular complexity index is 1870. The highest BCUT2D eigenvalue weighted by atomic mass is 19.1. The largest absolute Gasteiger partial charge is 0.508 e. The van der Waals surface area contributed by atoms with Crippen LogP contribution in [0.15, 0.2) is 54.6 Å². The van der Waals surface area contributed by atoms with Gasteiger partial charge in [-0.1, -0.05) is 62.6 Å². The quantitative estimate of drug-likeness (QED) is 0.192. The molecule has 3 aromatic carbocycles. The first-order chi connectivity index (χ1) is 20.9. The molecular formula is C35H32F2N4O2. The van der Waals surface area contributed by atoms with E-state index in [9.17, 15) is 9.50 Å². The Morgan fingerprint density at radius 2 is 1.88 bits per heavy atom. The van der Waals surface area contributed by atoms with E-state index in [1.54, 1.807) is 0 Å². The first-order valence-corrected chi connectivity index (χ1v) is 14.6. The van der Waals surface area contributed by atoms with Crippen LogP contribution in [0.5, 0.6) is 11.8 Å². The highest BCUT2D eigenvalue weighted by Crippen LogP contribution is 2.41. The number of aryl methyl sites for hydroxylation is 1. The summed E-state index contributed by atoms with van der Waals surface area (Å²) in [4.78, 5) is 16.3. The third-order valence-corrected chi connectivity index (χ3v) is 7.91. The first kappa shape index (κ1) is 28.4. The molecule has 0 spiro atoms. The number of terminal acetylenes is 1. The topological polar surface area (TPSA) is 71.4 Å². The number of phenols is 1. The lowest BCUT2D eigenvalue weighted by molar-refractivity contribution is 0.234. The highest BCUT2D eigenvalue weighted by Gasteiger charge is 2.28. The Hall–Kier alpha value is -4.77. The van der Waals surface area contributed by atoms with Crippen LogP contribution in [0, 0.1) is 29.9 Å². The first-order valence-electron chi connectivity index (χ1n) is 14.6. The predicted octanol–water partition coefficient (Wildman–Crippen LogP) is 7.58. The van der Waals surface area contributed by atoms with E-state index in [1.165, 1.54) is 24.3 Å². The lowest BCUT2D eigenvalue weighted by atomic mass is 9.95. The summed E-state index contributed by atoms with van der Waals surface area (Å²) in [5.41, 5.74) is 1.90. The number of anilines is 1. The molecule has 0 saturated heterocycles. The smallest absolute Gasteiger partial charge is 0.319 e. The molecule has 5 aromatic rings. The van der Waals surface area contributed by atoms with E-state index in [2.05, 4.69) is 29.7 Å². The van der Waals surface area contributed by atoms with Gasteiger partial charge in [-0.25, -0.2) is 13.8 Å². The number of aromatic nitrogens is 3. The van der Waals surface area contributed by atoms with Gasteiger partial charge < -0.3 is 14.7 Å². The average molecular weight is 579 g/mol. The number of nitrogens with zero attached hydrogens (tertiary/aromatic N) is 4. The van der Waals surface area contributed by atoms with Gasteiger partial charge in [0.25, 0.3) is 0 Å². The molecule has 0 aliphatic carbocycles. The molecule has 6 rings (SSSR count). The number of ether oxygens (including phenoxy) is 1. The van der Waals surface area contributed by atoms with Crippen molar-refractivity contribution in [3.8, 4) is 35.4 Å². The van der Waals surface area contributed by atoms with Crippen LogP contribution >= 0.6 is 0 Å². The molecule has 8 heteroatoms. The molecule has 0 bridgehead atoms. The molecule has 0 amide bonds. The standard InChI is InChI=1S/C35H32F2N4O2/c1-4-10-21(3)20-43-35-39-33-30-28(13-9-16-41(34(30)40-35)19-22-11-7-6-8-12-22)38-32(31(33)37)26-18-24(42)17-23-14-15-27(36)25(5-2)29(23)26/h2,6-8,11-12,14-15,17-18,21,42H,4,9-10,13,16,19-20H2,1,3H3. The number of hydrogen-bond acceptors (Lipinski definition) is 6. The van der Waals surface area contributed by atoms with Gasteiger partial charge in [0, 0.05) is 24.0 Å². The van der Waals surface area contributed by atoms with Crippen molar-refractivity contribution in [3.63, 3.8) is 0 Å². The van der Waals surface area contributed by atoms with E-state index in [1.807, 2.05) is 30.3 Å². The third-order valence-electron chi connectivity index (χ3n) is 7.91. The summed E-state index contributed by atoms with van der Waals surface area (Å²) in [6, 6.07) is 15.7. The molecule has 1 atom stereocenters. The Kier molecular flexibility index (Phi) is 7.81. The van der Waals surface area contributed by atoms with Crippen molar-refractivity contribution in [2.45, 2.75) is 46.1 Å². The van der Waals surface area contributed by atoms with Crippen molar-refractivity contribution in [1.82, 2.24) is 15.0 Å². The molecule has 1 aliphatic rings. The van der Waals surface area contributed by atoms with Crippen LogP contribution in [0.25, 0.3) is 32.9 Å². The van der Waals surface area contributed by atoms with Gasteiger partial charge >= 0.3 is 6.01 Å². The van der Waals surface area contributed by atoms with Crippen LogP contribution in [-0.2, 0) is 13.0 Å². The lowest BCUT2D eigenvalue weighted by Crippen LogP contribution is -2.25. The van der Waals surface area contributed by atoms with Crippen molar-refractivity contribution in [2.75, 3.05) is 18.1 Å². The molecule has 1 aliphatic heterocycles. The number of fused-ring (bicyclic) bond motifs is 1. The molecule has 218 valence electrons. The molecule has 6 nitrogen and oxygen atoms in total. The maximum atomic E-state index is 16.8. The minimum atomic E-state index is -0.713. The number of rotatable bonds is 8. The van der Waals surface area contributed by atoms with Crippen molar-refractivity contribution < 1.29 is 18.6 Å². The Morgan fingerprint density at radius 1 is 1.07 bits per heavy atom. The van der Waals surface area contributed by atoms with E-state index < -0.39 is 11.6 Å². The van der Waals surface area contributed by atoms with E-state index >= 15 is 4.39 Å². The van der Waals surface area contributed by atoms with E-state index in [0.29, 0.717) is 53.8 Å². The maximum Gasteiger partial charge on any atom is 0.319 e. The van der Waals surface area contributed by atoms with E-state index in [4.69, 9.17) is 21.1 Å². The SMILES string of the molecule is C#Cc1c(F)ccc2cc(O)cc(-c3nc4c5c(nc(OCC(C)CCC)nc5c3F)N(Cc3ccccc3)CCC4)c12. The predicted molar refractivity (Wildman–Crippen MR) is 165 cm³/mol. The minimum absolute atomic E-state index is 0.0222. The summed E-state index contributed by atoms with van der Waals surface area (Å²) in [6.45, 7) is 5.85. The van der Waals surface area contributed by atoms with Gasteiger partial charge in [0.15, 0.2) is 5.82 Å². The van der Waals surface area contributed by atoms with Gasteiger partial charge in [0.2, 0.25) is 0 Å². The fourth-order valence-electron chi connectivity index (χ4n) is 5.90. The molecule has 1 unspecified atom stereocenters. The van der Waals surface area contributed by atoms with Crippen LogP contribution in [0.3, 0.4) is 0 Å². The molecule has 2 aromatic heterocycles. The van der Waals surface area contributed by atoms with E-state index in [-0.39, 0.29) is 40.0 Å². The van der Waals surface area contributed by atoms with Gasteiger partial charge in [0.1, 0.15) is 28.6 Å². The number of phenolic OH excluding ortho intramolecular Hbond substituents is 1. The lowest BCUT2D eigenvalue weighted by Gasteiger charge is -2.24. The minimum Gasteiger partial charge on any atom is -0.508 e. The zero-order valence-electron chi connectivity index (χ0n) is 24.2. The highest BCUT2D eigenvalue weighted by molar-refractivity contribution is 6.03. The summed E-state index contributed by atoms with van der Waals surface area (Å²) in [5.74, 6) is 1.79. The molecule has 0 saturated carbocycles. The molecule has 0 radical (unpaired) electrons. The van der Waals surface area contributed by atoms with E-state index in [0.717, 1.165) is 24.8 Å². The number of hydrogen-bond donors (Lipinski definition) is 1. The van der Waals surface area contributed by atoms with Crippen molar-refractivity contribution in [1.29, 1.82) is 0 Å². The van der Waals surface area contributed by atoms with Crippen LogP contribution < -0.4 is 9.64 Å². The average Bonchev–Trinajstić information content (AvgIpc) is 3.17. The van der Waals surface area contributed by atoms with Crippen LogP contribution in [-0.4, -0.2) is 33.2 Å². The third kappa shape index (κ3) is 5.43. The molecule has 1 N–H and O–H groups in total. The summed E-state index contributed by atoms with van der Waals surface area (Å²) in [7, 11) is 0. The van der Waals surface area contributed by atoms with Gasteiger partial charge in [0.05, 0.1) is 23.3 Å². The normalized spacial score (nSPS) is 13.6. The van der Waals surface area contributed by atoms with Crippen LogP contribution in [0.2, 0.25) is 0 Å². The van der Waals surface area contributed by atoms with Gasteiger partial charge in [-0.05, 0) is 54.3 Å². The summed E-state index contributed by atoms with van der Waals surface area (Å²) >= 11 is 0. The molecule has 0 fully saturated rings. The van der Waals surface area contributed by atoms with Gasteiger partial charge in [-0.15, -0.1) is 6.42 Å². The number of benzene rings is 3. The van der Waals surface area contributed by atoms with Crippen molar-refractivity contribution in [3.05, 3.63) is 83.1 Å². The van der Waals surface area contributed by atoms with Crippen molar-refractivity contribution in [2.24, 2.45) is 5.92 Å². The Morgan fingerprint density at radius 3 is 2.65 bits per heavy atom. The zero-order chi connectivity index (χ0) is 30.1. The molecular weight excluding hydrogens is 546 g/mol. The zero-order valence-corrected chi connectivity index (χ0v) is 24.2. The summed E-state index contributed by atoms with van der Waals surface area (Å²) in [5, 5.41) is 11.9. The Balaban J connectivity index is 1.59. The van der Waals surface area contributed by atoms with Crippen LogP contribution in [0.1, 0.15) is 49.9 Å². The van der Waals surface area contributed by atoms with Gasteiger partial charge in [-0.3, -0.25) is 0 Å². The second-order valence-electron chi connectivity index (χ2n) is 11.1. The Labute approximate surface area is 249 Å². The van der Waals surface area contributed by atoms with Crippen LogP contribution in [0.4, 0.5) is 14.6 Å². The second-order valence-corrected chi connectivity index (χ2v) is 11.1. The summed E-state index contributed by atoms with van der Waals surface area (Å²) in [6.07, 6.45) is 8.99. The second kappa shape index (κ2) is 11.8. The fraction of sp³-hybridized carbons (Fsp3) is 0.286.